The van der Waals surface area contributed by atoms with Gasteiger partial charge in [-0.15, -0.1) is 0 Å². The third-order valence-electron chi connectivity index (χ3n) is 5.89. The van der Waals surface area contributed by atoms with Crippen molar-refractivity contribution in [2.75, 3.05) is 19.6 Å². The summed E-state index contributed by atoms with van der Waals surface area (Å²) < 4.78 is 0. The van der Waals surface area contributed by atoms with E-state index < -0.39 is 18.0 Å². The Bertz CT molecular complexity index is 1010. The van der Waals surface area contributed by atoms with E-state index in [1.54, 1.807) is 4.90 Å². The first-order valence-electron chi connectivity index (χ1n) is 10.8. The number of imide groups is 1. The smallest absolute Gasteiger partial charge is 0.322 e. The fourth-order valence-electron chi connectivity index (χ4n) is 4.12. The monoisotopic (exact) mass is 434 g/mol. The largest absolute Gasteiger partial charge is 0.354 e. The molecule has 0 bridgehead atoms. The molecule has 2 aliphatic rings. The molecule has 5 amide bonds. The Hall–Kier alpha value is -3.68. The summed E-state index contributed by atoms with van der Waals surface area (Å²) in [5.41, 5.74) is 3.28. The fourth-order valence-corrected chi connectivity index (χ4v) is 4.12. The minimum Gasteiger partial charge on any atom is -0.354 e. The van der Waals surface area contributed by atoms with Gasteiger partial charge in [-0.3, -0.25) is 19.7 Å². The molecule has 32 heavy (non-hydrogen) atoms. The zero-order valence-electron chi connectivity index (χ0n) is 17.7. The second-order valence-corrected chi connectivity index (χ2v) is 8.15. The number of carbonyl (C=O) groups excluding carboxylic acids is 4. The van der Waals surface area contributed by atoms with E-state index in [-0.39, 0.29) is 30.6 Å². The van der Waals surface area contributed by atoms with Crippen molar-refractivity contribution in [3.8, 4) is 11.1 Å². The van der Waals surface area contributed by atoms with Crippen molar-refractivity contribution in [1.82, 2.24) is 20.9 Å². The number of hydrogen-bond acceptors (Lipinski definition) is 4. The van der Waals surface area contributed by atoms with Crippen LogP contribution in [0.3, 0.4) is 0 Å². The molecule has 8 nitrogen and oxygen atoms in total. The normalized spacial score (nSPS) is 20.9. The van der Waals surface area contributed by atoms with Crippen LogP contribution in [0.4, 0.5) is 4.79 Å². The number of rotatable bonds is 6. The average molecular weight is 434 g/mol. The van der Waals surface area contributed by atoms with Gasteiger partial charge >= 0.3 is 6.03 Å². The lowest BCUT2D eigenvalue weighted by Gasteiger charge is -2.23. The van der Waals surface area contributed by atoms with E-state index >= 15 is 0 Å². The molecule has 4 rings (SSSR count). The van der Waals surface area contributed by atoms with Crippen LogP contribution >= 0.6 is 0 Å². The van der Waals surface area contributed by atoms with Crippen LogP contribution in [-0.2, 0) is 20.8 Å². The van der Waals surface area contributed by atoms with Gasteiger partial charge in [0, 0.05) is 26.1 Å². The first-order chi connectivity index (χ1) is 15.5. The molecule has 0 spiro atoms. The Labute approximate surface area is 186 Å². The van der Waals surface area contributed by atoms with Crippen LogP contribution in [0.2, 0.25) is 0 Å². The summed E-state index contributed by atoms with van der Waals surface area (Å²) in [4.78, 5) is 49.9. The van der Waals surface area contributed by atoms with Crippen molar-refractivity contribution in [1.29, 1.82) is 0 Å². The fraction of sp³-hybridized carbons (Fsp3) is 0.333. The van der Waals surface area contributed by atoms with Crippen LogP contribution in [-0.4, -0.2) is 54.3 Å². The summed E-state index contributed by atoms with van der Waals surface area (Å²) >= 11 is 0. The van der Waals surface area contributed by atoms with E-state index in [2.05, 4.69) is 28.1 Å². The van der Waals surface area contributed by atoms with E-state index in [0.29, 0.717) is 26.1 Å². The molecule has 166 valence electrons. The first kappa shape index (κ1) is 21.5. The van der Waals surface area contributed by atoms with Crippen LogP contribution in [0.1, 0.15) is 18.4 Å². The third kappa shape index (κ3) is 5.14. The summed E-state index contributed by atoms with van der Waals surface area (Å²) in [7, 11) is 0. The Morgan fingerprint density at radius 3 is 2.34 bits per heavy atom. The van der Waals surface area contributed by atoms with Crippen molar-refractivity contribution in [2.24, 2.45) is 5.92 Å². The van der Waals surface area contributed by atoms with Gasteiger partial charge in [-0.1, -0.05) is 54.6 Å². The molecule has 2 aliphatic heterocycles. The molecule has 0 saturated carbocycles. The quantitative estimate of drug-likeness (QED) is 0.598. The van der Waals surface area contributed by atoms with Gasteiger partial charge in [0.15, 0.2) is 0 Å². The molecule has 8 heteroatoms. The molecule has 0 radical (unpaired) electrons. The highest BCUT2D eigenvalue weighted by atomic mass is 16.2. The van der Waals surface area contributed by atoms with Gasteiger partial charge in [0.05, 0.1) is 5.92 Å². The maximum atomic E-state index is 12.7. The van der Waals surface area contributed by atoms with Gasteiger partial charge in [0.25, 0.3) is 5.91 Å². The second kappa shape index (κ2) is 9.64. The highest BCUT2D eigenvalue weighted by Crippen LogP contribution is 2.21. The van der Waals surface area contributed by atoms with Gasteiger partial charge in [-0.25, -0.2) is 4.79 Å². The van der Waals surface area contributed by atoms with Crippen LogP contribution < -0.4 is 16.0 Å². The van der Waals surface area contributed by atoms with Crippen molar-refractivity contribution < 1.29 is 19.2 Å². The van der Waals surface area contributed by atoms with Crippen molar-refractivity contribution in [3.05, 3.63) is 60.2 Å². The van der Waals surface area contributed by atoms with Gasteiger partial charge in [-0.2, -0.15) is 0 Å². The third-order valence-corrected chi connectivity index (χ3v) is 5.89. The molecule has 2 fully saturated rings. The standard InChI is InChI=1S/C24H26N4O4/c29-21(11-10-20-23(31)27-24(32)26-20)28-13-12-25-22(30)19(15-28)14-16-6-8-18(9-7-16)17-4-2-1-3-5-17/h1-9,19-20H,10-15H2,(H,25,30)(H2,26,27,31,32)/t19-,20-/m0/s1. The van der Waals surface area contributed by atoms with E-state index in [9.17, 15) is 19.2 Å². The predicted octanol–water partition coefficient (Wildman–Crippen LogP) is 1.46. The summed E-state index contributed by atoms with van der Waals surface area (Å²) in [5, 5.41) is 7.56. The summed E-state index contributed by atoms with van der Waals surface area (Å²) in [6, 6.07) is 17.0. The molecular formula is C24H26N4O4. The predicted molar refractivity (Wildman–Crippen MR) is 118 cm³/mol. The van der Waals surface area contributed by atoms with Crippen molar-refractivity contribution in [3.63, 3.8) is 0 Å². The molecule has 3 N–H and O–H groups in total. The highest BCUT2D eigenvalue weighted by molar-refractivity contribution is 6.04. The minimum atomic E-state index is -0.683. The highest BCUT2D eigenvalue weighted by Gasteiger charge is 2.32. The van der Waals surface area contributed by atoms with Crippen LogP contribution in [0.15, 0.2) is 54.6 Å². The van der Waals surface area contributed by atoms with Gasteiger partial charge in [-0.05, 0) is 29.5 Å². The number of benzene rings is 2. The van der Waals surface area contributed by atoms with Crippen LogP contribution in [0, 0.1) is 5.92 Å². The van der Waals surface area contributed by atoms with Crippen LogP contribution in [0.5, 0.6) is 0 Å². The summed E-state index contributed by atoms with van der Waals surface area (Å²) in [6.45, 7) is 1.15. The lowest BCUT2D eigenvalue weighted by atomic mass is 9.96. The number of nitrogens with zero attached hydrogens (tertiary/aromatic N) is 1. The van der Waals surface area contributed by atoms with E-state index in [1.807, 2.05) is 42.5 Å². The van der Waals surface area contributed by atoms with Crippen molar-refractivity contribution >= 4 is 23.8 Å². The van der Waals surface area contributed by atoms with Crippen LogP contribution in [0.25, 0.3) is 11.1 Å². The molecule has 2 aromatic carbocycles. The minimum absolute atomic E-state index is 0.0603. The topological polar surface area (TPSA) is 108 Å². The second-order valence-electron chi connectivity index (χ2n) is 8.15. The molecule has 2 saturated heterocycles. The lowest BCUT2D eigenvalue weighted by molar-refractivity contribution is -0.132. The Morgan fingerprint density at radius 1 is 0.938 bits per heavy atom. The molecule has 2 aromatic rings. The average Bonchev–Trinajstić information content (AvgIpc) is 3.01. The van der Waals surface area contributed by atoms with Gasteiger partial charge in [0.2, 0.25) is 11.8 Å². The number of amides is 5. The molecule has 2 heterocycles. The van der Waals surface area contributed by atoms with Gasteiger partial charge < -0.3 is 15.5 Å². The lowest BCUT2D eigenvalue weighted by Crippen LogP contribution is -2.38. The SMILES string of the molecule is O=C1NC(=O)[C@H](CCC(=O)N2CCNC(=O)[C@@H](Cc3ccc(-c4ccccc4)cc3)C2)N1. The number of carbonyl (C=O) groups is 4. The van der Waals surface area contributed by atoms with E-state index in [4.69, 9.17) is 0 Å². The Kier molecular flexibility index (Phi) is 6.49. The zero-order valence-corrected chi connectivity index (χ0v) is 17.7. The van der Waals surface area contributed by atoms with E-state index in [0.717, 1.165) is 16.7 Å². The maximum Gasteiger partial charge on any atom is 0.322 e. The number of hydrogen-bond donors (Lipinski definition) is 3. The molecule has 0 aliphatic carbocycles. The van der Waals surface area contributed by atoms with Gasteiger partial charge in [0.1, 0.15) is 6.04 Å². The molecular weight excluding hydrogens is 408 g/mol. The summed E-state index contributed by atoms with van der Waals surface area (Å²) in [6.07, 6.45) is 0.900. The zero-order chi connectivity index (χ0) is 22.5. The summed E-state index contributed by atoms with van der Waals surface area (Å²) in [5.74, 6) is -0.944. The Balaban J connectivity index is 1.36. The molecule has 0 unspecified atom stereocenters. The molecule has 2 atom stereocenters. The number of urea groups is 1. The number of nitrogens with one attached hydrogen (secondary N) is 3. The van der Waals surface area contributed by atoms with Crippen molar-refractivity contribution in [2.45, 2.75) is 25.3 Å². The van der Waals surface area contributed by atoms with E-state index in [1.165, 1.54) is 0 Å². The molecule has 0 aromatic heterocycles. The maximum absolute atomic E-state index is 12.7. The first-order valence-corrected chi connectivity index (χ1v) is 10.8. The Morgan fingerprint density at radius 2 is 1.66 bits per heavy atom.